The van der Waals surface area contributed by atoms with Crippen molar-refractivity contribution in [3.63, 3.8) is 0 Å². The molecule has 0 aliphatic rings. The van der Waals surface area contributed by atoms with Gasteiger partial charge in [0, 0.05) is 23.1 Å². The Kier molecular flexibility index (Phi) is 9.57. The number of rotatable bonds is 10. The lowest BCUT2D eigenvalue weighted by atomic mass is 10.1. The molecule has 0 aliphatic heterocycles. The van der Waals surface area contributed by atoms with Crippen molar-refractivity contribution < 1.29 is 18.0 Å². The van der Waals surface area contributed by atoms with Gasteiger partial charge in [-0.15, -0.1) is 0 Å². The van der Waals surface area contributed by atoms with Crippen LogP contribution >= 0.6 is 23.2 Å². The zero-order valence-corrected chi connectivity index (χ0v) is 21.5. The quantitative estimate of drug-likeness (QED) is 0.519. The van der Waals surface area contributed by atoms with Crippen LogP contribution in [0.4, 0.5) is 5.69 Å². The third-order valence-corrected chi connectivity index (χ3v) is 6.77. The molecule has 0 fully saturated rings. The smallest absolute Gasteiger partial charge is 0.244 e. The first-order valence-electron chi connectivity index (χ1n) is 10.5. The van der Waals surface area contributed by atoms with Crippen LogP contribution in [-0.4, -0.2) is 50.5 Å². The highest BCUT2D eigenvalue weighted by Gasteiger charge is 2.30. The first-order valence-corrected chi connectivity index (χ1v) is 13.1. The molecular formula is C23H29Cl2N3O4S. The molecule has 2 amide bonds. The molecule has 0 bridgehead atoms. The Labute approximate surface area is 205 Å². The minimum Gasteiger partial charge on any atom is -0.354 e. The zero-order chi connectivity index (χ0) is 24.8. The SMILES string of the molecule is CCCNC(=O)C(C)N(Cc1ccc(Cl)cc1Cl)C(=O)CN(c1cccc(C)c1)S(C)(=O)=O. The van der Waals surface area contributed by atoms with Crippen molar-refractivity contribution in [1.29, 1.82) is 0 Å². The highest BCUT2D eigenvalue weighted by atomic mass is 35.5. The molecule has 1 unspecified atom stereocenters. The molecular weight excluding hydrogens is 485 g/mol. The predicted octanol–water partition coefficient (Wildman–Crippen LogP) is 4.01. The number of anilines is 1. The summed E-state index contributed by atoms with van der Waals surface area (Å²) in [7, 11) is -3.77. The van der Waals surface area contributed by atoms with Gasteiger partial charge in [0.15, 0.2) is 0 Å². The van der Waals surface area contributed by atoms with E-state index < -0.39 is 28.5 Å². The lowest BCUT2D eigenvalue weighted by Gasteiger charge is -2.31. The summed E-state index contributed by atoms with van der Waals surface area (Å²) in [5.41, 5.74) is 1.81. The average molecular weight is 514 g/mol. The van der Waals surface area contributed by atoms with Crippen LogP contribution in [0.3, 0.4) is 0 Å². The van der Waals surface area contributed by atoms with E-state index in [1.807, 2.05) is 19.9 Å². The van der Waals surface area contributed by atoms with Gasteiger partial charge in [-0.1, -0.05) is 48.3 Å². The van der Waals surface area contributed by atoms with Crippen LogP contribution in [0.25, 0.3) is 0 Å². The van der Waals surface area contributed by atoms with Crippen molar-refractivity contribution in [1.82, 2.24) is 10.2 Å². The van der Waals surface area contributed by atoms with Gasteiger partial charge in [0.25, 0.3) is 0 Å². The molecule has 0 aliphatic carbocycles. The summed E-state index contributed by atoms with van der Waals surface area (Å²) >= 11 is 12.3. The first-order chi connectivity index (χ1) is 15.4. The van der Waals surface area contributed by atoms with Gasteiger partial charge < -0.3 is 10.2 Å². The number of hydrogen-bond acceptors (Lipinski definition) is 4. The molecule has 2 aromatic carbocycles. The van der Waals surface area contributed by atoms with E-state index in [1.54, 1.807) is 43.3 Å². The molecule has 0 spiro atoms. The average Bonchev–Trinajstić information content (AvgIpc) is 2.73. The van der Waals surface area contributed by atoms with Crippen LogP contribution in [0.5, 0.6) is 0 Å². The topological polar surface area (TPSA) is 86.8 Å². The van der Waals surface area contributed by atoms with E-state index in [0.29, 0.717) is 27.8 Å². The van der Waals surface area contributed by atoms with Crippen LogP contribution in [0.2, 0.25) is 10.0 Å². The summed E-state index contributed by atoms with van der Waals surface area (Å²) in [6, 6.07) is 10.9. The largest absolute Gasteiger partial charge is 0.354 e. The molecule has 2 aromatic rings. The number of halogens is 2. The molecule has 0 saturated carbocycles. The Morgan fingerprint density at radius 3 is 2.39 bits per heavy atom. The molecule has 0 aromatic heterocycles. The van der Waals surface area contributed by atoms with Gasteiger partial charge >= 0.3 is 0 Å². The van der Waals surface area contributed by atoms with Crippen molar-refractivity contribution in [3.8, 4) is 0 Å². The Bertz CT molecular complexity index is 1110. The van der Waals surface area contributed by atoms with Gasteiger partial charge in [0.2, 0.25) is 21.8 Å². The van der Waals surface area contributed by atoms with Crippen molar-refractivity contribution in [2.45, 2.75) is 39.8 Å². The van der Waals surface area contributed by atoms with Crippen molar-refractivity contribution in [2.24, 2.45) is 0 Å². The van der Waals surface area contributed by atoms with Crippen LogP contribution in [0.1, 0.15) is 31.4 Å². The van der Waals surface area contributed by atoms with E-state index in [2.05, 4.69) is 5.32 Å². The monoisotopic (exact) mass is 513 g/mol. The van der Waals surface area contributed by atoms with Crippen LogP contribution in [0.15, 0.2) is 42.5 Å². The van der Waals surface area contributed by atoms with E-state index in [4.69, 9.17) is 23.2 Å². The van der Waals surface area contributed by atoms with E-state index in [-0.39, 0.29) is 12.5 Å². The molecule has 33 heavy (non-hydrogen) atoms. The van der Waals surface area contributed by atoms with Gasteiger partial charge in [-0.25, -0.2) is 8.42 Å². The minimum atomic E-state index is -3.77. The second-order valence-electron chi connectivity index (χ2n) is 7.83. The Balaban J connectivity index is 2.40. The van der Waals surface area contributed by atoms with Crippen LogP contribution in [-0.2, 0) is 26.2 Å². The summed E-state index contributed by atoms with van der Waals surface area (Å²) < 4.78 is 26.1. The second-order valence-corrected chi connectivity index (χ2v) is 10.6. The van der Waals surface area contributed by atoms with E-state index in [9.17, 15) is 18.0 Å². The summed E-state index contributed by atoms with van der Waals surface area (Å²) in [6.07, 6.45) is 1.78. The number of nitrogens with zero attached hydrogens (tertiary/aromatic N) is 2. The second kappa shape index (κ2) is 11.7. The van der Waals surface area contributed by atoms with Gasteiger partial charge in [0.1, 0.15) is 12.6 Å². The number of benzene rings is 2. The van der Waals surface area contributed by atoms with E-state index >= 15 is 0 Å². The summed E-state index contributed by atoms with van der Waals surface area (Å²) in [4.78, 5) is 27.4. The maximum Gasteiger partial charge on any atom is 0.244 e. The lowest BCUT2D eigenvalue weighted by molar-refractivity contribution is -0.139. The zero-order valence-electron chi connectivity index (χ0n) is 19.1. The van der Waals surface area contributed by atoms with Gasteiger partial charge in [-0.05, 0) is 55.7 Å². The number of carbonyl (C=O) groups is 2. The van der Waals surface area contributed by atoms with Crippen LogP contribution in [0, 0.1) is 6.92 Å². The third kappa shape index (κ3) is 7.62. The molecule has 0 radical (unpaired) electrons. The van der Waals surface area contributed by atoms with E-state index in [1.165, 1.54) is 4.90 Å². The standard InChI is InChI=1S/C23H29Cl2N3O4S/c1-5-11-26-23(30)17(3)27(14-18-9-10-19(24)13-21(18)25)22(29)15-28(33(4,31)32)20-8-6-7-16(2)12-20/h6-10,12-13,17H,5,11,14-15H2,1-4H3,(H,26,30). The molecule has 180 valence electrons. The molecule has 0 heterocycles. The molecule has 0 saturated heterocycles. The number of aryl methyl sites for hydroxylation is 1. The predicted molar refractivity (Wildman–Crippen MR) is 133 cm³/mol. The molecule has 2 rings (SSSR count). The molecule has 7 nitrogen and oxygen atoms in total. The number of amides is 2. The highest BCUT2D eigenvalue weighted by molar-refractivity contribution is 7.92. The minimum absolute atomic E-state index is 0.0148. The number of hydrogen-bond donors (Lipinski definition) is 1. The van der Waals surface area contributed by atoms with Gasteiger partial charge in [-0.3, -0.25) is 13.9 Å². The fourth-order valence-electron chi connectivity index (χ4n) is 3.21. The fourth-order valence-corrected chi connectivity index (χ4v) is 4.52. The maximum absolute atomic E-state index is 13.4. The van der Waals surface area contributed by atoms with Gasteiger partial charge in [-0.2, -0.15) is 0 Å². The molecule has 1 atom stereocenters. The molecule has 1 N–H and O–H groups in total. The summed E-state index contributed by atoms with van der Waals surface area (Å²) in [5, 5.41) is 3.57. The van der Waals surface area contributed by atoms with E-state index in [0.717, 1.165) is 22.5 Å². The summed E-state index contributed by atoms with van der Waals surface area (Å²) in [5.74, 6) is -0.871. The van der Waals surface area contributed by atoms with Crippen LogP contribution < -0.4 is 9.62 Å². The fraction of sp³-hybridized carbons (Fsp3) is 0.391. The third-order valence-electron chi connectivity index (χ3n) is 5.04. The maximum atomic E-state index is 13.4. The molecule has 10 heteroatoms. The van der Waals surface area contributed by atoms with Crippen molar-refractivity contribution in [2.75, 3.05) is 23.7 Å². The first kappa shape index (κ1) is 27.0. The van der Waals surface area contributed by atoms with Gasteiger partial charge in [0.05, 0.1) is 11.9 Å². The Morgan fingerprint density at radius 1 is 1.12 bits per heavy atom. The van der Waals surface area contributed by atoms with Crippen molar-refractivity contribution in [3.05, 3.63) is 63.6 Å². The Hall–Kier alpha value is -2.29. The number of sulfonamides is 1. The number of nitrogens with one attached hydrogen (secondary N) is 1. The number of carbonyl (C=O) groups excluding carboxylic acids is 2. The normalized spacial score (nSPS) is 12.2. The summed E-state index contributed by atoms with van der Waals surface area (Å²) in [6.45, 7) is 5.38. The highest BCUT2D eigenvalue weighted by Crippen LogP contribution is 2.24. The lowest BCUT2D eigenvalue weighted by Crippen LogP contribution is -2.51. The Morgan fingerprint density at radius 2 is 1.82 bits per heavy atom. The van der Waals surface area contributed by atoms with Crippen molar-refractivity contribution >= 4 is 50.7 Å².